The van der Waals surface area contributed by atoms with Crippen LogP contribution < -0.4 is 5.73 Å². The molecule has 1 aliphatic rings. The minimum atomic E-state index is -1.87. The summed E-state index contributed by atoms with van der Waals surface area (Å²) in [4.78, 5) is 12.5. The summed E-state index contributed by atoms with van der Waals surface area (Å²) in [6.45, 7) is 11.8. The highest BCUT2D eigenvalue weighted by Crippen LogP contribution is 2.42. The van der Waals surface area contributed by atoms with Crippen LogP contribution in [0.25, 0.3) is 11.2 Å². The predicted octanol–water partition coefficient (Wildman–Crippen LogP) is 5.72. The summed E-state index contributed by atoms with van der Waals surface area (Å²) < 4.78 is 36.7. The number of rotatable bonds is 13. The predicted molar refractivity (Wildman–Crippen MR) is 148 cm³/mol. The zero-order valence-electron chi connectivity index (χ0n) is 22.7. The third-order valence-electron chi connectivity index (χ3n) is 7.37. The first kappa shape index (κ1) is 29.8. The van der Waals surface area contributed by atoms with Crippen molar-refractivity contribution in [1.82, 2.24) is 19.5 Å². The Kier molecular flexibility index (Phi) is 10.7. The number of nitrogens with two attached hydrogens (primary N) is 1. The van der Waals surface area contributed by atoms with Crippen LogP contribution in [0.3, 0.4) is 0 Å². The van der Waals surface area contributed by atoms with Crippen molar-refractivity contribution in [3.05, 3.63) is 11.6 Å². The summed E-state index contributed by atoms with van der Waals surface area (Å²) in [5.41, 5.74) is 8.96. The van der Waals surface area contributed by atoms with Gasteiger partial charge in [0.25, 0.3) is 0 Å². The summed E-state index contributed by atoms with van der Waals surface area (Å²) in [7, 11) is -1.87. The maximum absolute atomic E-state index is 16.4. The van der Waals surface area contributed by atoms with Crippen molar-refractivity contribution < 1.29 is 18.6 Å². The van der Waals surface area contributed by atoms with Crippen molar-refractivity contribution in [2.75, 3.05) is 25.6 Å². The van der Waals surface area contributed by atoms with Crippen molar-refractivity contribution in [3.8, 4) is 11.5 Å². The topological polar surface area (TPSA) is 97.3 Å². The standard InChI is InChI=1S/C26H41ClFN5O3Si/c1-6-11-14-34-17-26(13-16-37(8-3,9-4)10-5)21(35-15-12-7-2)19(28)24(36-26)33-18-30-20-22(29)31-25(27)32-23(20)33/h18-19,21,24H,6-12,14-15,17H2,1-5H3,(H2,29,31,32)/t19-,21-,24+,26+/m0/s1. The number of hydrogen-bond donors (Lipinski definition) is 1. The molecular formula is C26H41ClFN5O3Si. The number of halogens is 2. The van der Waals surface area contributed by atoms with E-state index in [1.54, 1.807) is 0 Å². The van der Waals surface area contributed by atoms with Crippen LogP contribution in [0.15, 0.2) is 6.33 Å². The Morgan fingerprint density at radius 2 is 1.81 bits per heavy atom. The second kappa shape index (κ2) is 13.3. The lowest BCUT2D eigenvalue weighted by Crippen LogP contribution is -2.47. The van der Waals surface area contributed by atoms with E-state index < -0.39 is 32.2 Å². The van der Waals surface area contributed by atoms with E-state index in [9.17, 15) is 0 Å². The summed E-state index contributed by atoms with van der Waals surface area (Å²) >= 11 is 6.07. The maximum Gasteiger partial charge on any atom is 0.226 e. The molecule has 1 saturated heterocycles. The van der Waals surface area contributed by atoms with E-state index >= 15 is 4.39 Å². The molecule has 0 aromatic carbocycles. The van der Waals surface area contributed by atoms with Crippen LogP contribution in [0.5, 0.6) is 0 Å². The van der Waals surface area contributed by atoms with E-state index in [1.807, 2.05) is 0 Å². The molecule has 0 aliphatic carbocycles. The first-order valence-electron chi connectivity index (χ1n) is 13.5. The van der Waals surface area contributed by atoms with Crippen molar-refractivity contribution in [2.45, 2.75) is 103 Å². The van der Waals surface area contributed by atoms with Gasteiger partial charge in [-0.3, -0.25) is 4.57 Å². The molecule has 0 unspecified atom stereocenters. The average Bonchev–Trinajstić information content (AvgIpc) is 3.43. The van der Waals surface area contributed by atoms with Gasteiger partial charge >= 0.3 is 0 Å². The first-order valence-corrected chi connectivity index (χ1v) is 16.5. The van der Waals surface area contributed by atoms with Crippen LogP contribution in [0.1, 0.15) is 66.5 Å². The number of aromatic nitrogens is 4. The fourth-order valence-electron chi connectivity index (χ4n) is 4.62. The number of alkyl halides is 1. The molecule has 0 amide bonds. The van der Waals surface area contributed by atoms with Gasteiger partial charge in [-0.15, -0.1) is 5.54 Å². The minimum absolute atomic E-state index is 0.0468. The average molecular weight is 554 g/mol. The SMILES string of the molecule is CCCCOC[C@@]1(C#C[Si](CC)(CC)CC)O[C@@H](n2cnc3c(N)nc(Cl)nc32)[C@@H](F)[C@@H]1OCCCC. The largest absolute Gasteiger partial charge is 0.382 e. The zero-order chi connectivity index (χ0) is 27.1. The van der Waals surface area contributed by atoms with Crippen LogP contribution in [0.2, 0.25) is 23.4 Å². The molecule has 1 fully saturated rings. The van der Waals surface area contributed by atoms with E-state index in [-0.39, 0.29) is 17.7 Å². The molecule has 0 bridgehead atoms. The van der Waals surface area contributed by atoms with E-state index in [0.717, 1.165) is 43.8 Å². The molecule has 2 aromatic rings. The van der Waals surface area contributed by atoms with Gasteiger partial charge in [0.2, 0.25) is 5.28 Å². The smallest absolute Gasteiger partial charge is 0.226 e. The molecule has 11 heteroatoms. The monoisotopic (exact) mass is 553 g/mol. The van der Waals surface area contributed by atoms with Crippen LogP contribution in [0, 0.1) is 11.5 Å². The molecule has 37 heavy (non-hydrogen) atoms. The quantitative estimate of drug-likeness (QED) is 0.146. The number of hydrogen-bond acceptors (Lipinski definition) is 7. The highest BCUT2D eigenvalue weighted by Gasteiger charge is 2.57. The first-order chi connectivity index (χ1) is 17.8. The van der Waals surface area contributed by atoms with Gasteiger partial charge in [0.05, 0.1) is 12.9 Å². The normalized spacial score (nSPS) is 23.9. The molecule has 3 heterocycles. The number of fused-ring (bicyclic) bond motifs is 1. The van der Waals surface area contributed by atoms with Crippen LogP contribution in [-0.2, 0) is 14.2 Å². The van der Waals surface area contributed by atoms with Gasteiger partial charge in [0.1, 0.15) is 19.7 Å². The Labute approximate surface area is 225 Å². The van der Waals surface area contributed by atoms with Crippen LogP contribution in [-0.4, -0.2) is 65.3 Å². The van der Waals surface area contributed by atoms with Crippen molar-refractivity contribution in [2.24, 2.45) is 0 Å². The number of ether oxygens (including phenoxy) is 3. The molecule has 0 saturated carbocycles. The number of unbranched alkanes of at least 4 members (excludes halogenated alkanes) is 2. The molecule has 1 aliphatic heterocycles. The van der Waals surface area contributed by atoms with Crippen molar-refractivity contribution in [1.29, 1.82) is 0 Å². The molecule has 0 radical (unpaired) electrons. The Hall–Kier alpha value is -1.77. The number of imidazole rings is 1. The molecule has 4 atom stereocenters. The van der Waals surface area contributed by atoms with Gasteiger partial charge in [-0.1, -0.05) is 53.4 Å². The van der Waals surface area contributed by atoms with Crippen LogP contribution in [0.4, 0.5) is 10.2 Å². The molecule has 3 rings (SSSR count). The molecular weight excluding hydrogens is 513 g/mol. The molecule has 206 valence electrons. The molecule has 2 N–H and O–H groups in total. The summed E-state index contributed by atoms with van der Waals surface area (Å²) in [5, 5.41) is -0.0468. The van der Waals surface area contributed by atoms with Gasteiger partial charge in [-0.2, -0.15) is 9.97 Å². The van der Waals surface area contributed by atoms with Gasteiger partial charge in [-0.25, -0.2) is 9.37 Å². The van der Waals surface area contributed by atoms with Crippen molar-refractivity contribution >= 4 is 36.7 Å². The second-order valence-corrected chi connectivity index (χ2v) is 15.0. The maximum atomic E-state index is 16.4. The van der Waals surface area contributed by atoms with Gasteiger partial charge in [0, 0.05) is 13.2 Å². The zero-order valence-corrected chi connectivity index (χ0v) is 24.5. The molecule has 0 spiro atoms. The van der Waals surface area contributed by atoms with Crippen molar-refractivity contribution in [3.63, 3.8) is 0 Å². The lowest BCUT2D eigenvalue weighted by atomic mass is 9.97. The fourth-order valence-corrected chi connectivity index (χ4v) is 7.30. The third kappa shape index (κ3) is 6.45. The number of anilines is 1. The Morgan fingerprint density at radius 1 is 1.14 bits per heavy atom. The van der Waals surface area contributed by atoms with E-state index in [1.165, 1.54) is 10.9 Å². The Balaban J connectivity index is 2.10. The minimum Gasteiger partial charge on any atom is -0.382 e. The summed E-state index contributed by atoms with van der Waals surface area (Å²) in [6, 6.07) is 3.05. The Bertz CT molecular complexity index is 1080. The third-order valence-corrected chi connectivity index (χ3v) is 12.3. The molecule has 2 aromatic heterocycles. The highest BCUT2D eigenvalue weighted by atomic mass is 35.5. The van der Waals surface area contributed by atoms with E-state index in [4.69, 9.17) is 31.5 Å². The van der Waals surface area contributed by atoms with Gasteiger partial charge in [0.15, 0.2) is 29.5 Å². The van der Waals surface area contributed by atoms with E-state index in [2.05, 4.69) is 61.0 Å². The highest BCUT2D eigenvalue weighted by molar-refractivity contribution is 6.87. The summed E-state index contributed by atoms with van der Waals surface area (Å²) in [5.74, 6) is 3.54. The molecule has 8 nitrogen and oxygen atoms in total. The fraction of sp³-hybridized carbons (Fsp3) is 0.731. The van der Waals surface area contributed by atoms with E-state index in [0.29, 0.717) is 24.4 Å². The lowest BCUT2D eigenvalue weighted by molar-refractivity contribution is -0.118. The Morgan fingerprint density at radius 3 is 2.46 bits per heavy atom. The number of nitrogen functional groups attached to an aromatic ring is 1. The van der Waals surface area contributed by atoms with Gasteiger partial charge in [-0.05, 0) is 42.6 Å². The number of nitrogens with zero attached hydrogens (tertiary/aromatic N) is 4. The van der Waals surface area contributed by atoms with Gasteiger partial charge < -0.3 is 19.9 Å². The van der Waals surface area contributed by atoms with Crippen LogP contribution >= 0.6 is 11.6 Å². The second-order valence-electron chi connectivity index (χ2n) is 9.69. The lowest BCUT2D eigenvalue weighted by Gasteiger charge is -2.30. The summed E-state index contributed by atoms with van der Waals surface area (Å²) in [6.07, 6.45) is 1.49.